The van der Waals surface area contributed by atoms with E-state index in [0.29, 0.717) is 6.54 Å². The average Bonchev–Trinajstić information content (AvgIpc) is 2.72. The molecule has 0 aromatic heterocycles. The summed E-state index contributed by atoms with van der Waals surface area (Å²) in [7, 11) is 1.80. The maximum atomic E-state index is 13.4. The van der Waals surface area contributed by atoms with Crippen LogP contribution < -0.4 is 9.62 Å². The molecule has 0 aliphatic heterocycles. The molecule has 5 nitrogen and oxygen atoms in total. The lowest BCUT2D eigenvalue weighted by Crippen LogP contribution is -2.11. The summed E-state index contributed by atoms with van der Waals surface area (Å²) in [6.45, 7) is 2.21. The summed E-state index contributed by atoms with van der Waals surface area (Å²) in [5, 5.41) is 12.0. The summed E-state index contributed by atoms with van der Waals surface area (Å²) in [5.41, 5.74) is 5.96. The number of hydrogen-bond acceptors (Lipinski definition) is 5. The van der Waals surface area contributed by atoms with Crippen LogP contribution in [-0.2, 0) is 15.5 Å². The summed E-state index contributed by atoms with van der Waals surface area (Å²) < 4.78 is 20.1. The van der Waals surface area contributed by atoms with Gasteiger partial charge in [-0.05, 0) is 71.6 Å². The number of rotatable bonds is 9. The van der Waals surface area contributed by atoms with Crippen LogP contribution in [0, 0.1) is 12.7 Å². The van der Waals surface area contributed by atoms with Crippen molar-refractivity contribution in [2.75, 3.05) is 23.3 Å². The van der Waals surface area contributed by atoms with E-state index >= 15 is 0 Å². The number of hydrogen-bond donors (Lipinski definition) is 2. The van der Waals surface area contributed by atoms with Crippen molar-refractivity contribution in [2.45, 2.75) is 13.5 Å². The number of carboxylic acid groups (broad SMARTS) is 1. The Balaban J connectivity index is 1.60. The van der Waals surface area contributed by atoms with Crippen molar-refractivity contribution in [1.29, 1.82) is 0 Å². The number of nitrogens with one attached hydrogen (secondary N) is 1. The van der Waals surface area contributed by atoms with Crippen molar-refractivity contribution in [1.82, 2.24) is 0 Å². The minimum Gasteiger partial charge on any atom is -0.479 e. The number of aliphatic carboxylic acids is 1. The number of nitrogens with zero attached hydrogens (tertiary/aromatic N) is 1. The zero-order valence-corrected chi connectivity index (χ0v) is 17.6. The first-order valence-electron chi connectivity index (χ1n) is 9.37. The molecule has 2 N–H and O–H groups in total. The Bertz CT molecular complexity index is 1010. The highest BCUT2D eigenvalue weighted by Gasteiger charge is 2.06. The van der Waals surface area contributed by atoms with Gasteiger partial charge in [0.15, 0.2) is 6.61 Å². The number of carboxylic acids is 1. The van der Waals surface area contributed by atoms with Gasteiger partial charge >= 0.3 is 5.97 Å². The summed E-state index contributed by atoms with van der Waals surface area (Å²) in [4.78, 5) is 10.5. The van der Waals surface area contributed by atoms with Gasteiger partial charge in [-0.15, -0.1) is 0 Å². The molecule has 0 spiro atoms. The van der Waals surface area contributed by atoms with Gasteiger partial charge in [0.05, 0.1) is 0 Å². The molecule has 0 unspecified atom stereocenters. The van der Waals surface area contributed by atoms with Crippen LogP contribution in [0.2, 0.25) is 0 Å². The molecule has 3 aromatic carbocycles. The van der Waals surface area contributed by atoms with E-state index in [4.69, 9.17) is 9.29 Å². The van der Waals surface area contributed by atoms with Crippen LogP contribution in [0.15, 0.2) is 66.7 Å². The van der Waals surface area contributed by atoms with Crippen molar-refractivity contribution in [2.24, 2.45) is 0 Å². The average molecular weight is 427 g/mol. The van der Waals surface area contributed by atoms with Gasteiger partial charge in [-0.2, -0.15) is 0 Å². The highest BCUT2D eigenvalue weighted by atomic mass is 32.2. The largest absolute Gasteiger partial charge is 0.479 e. The summed E-state index contributed by atoms with van der Waals surface area (Å²) in [5.74, 6) is -1.23. The Morgan fingerprint density at radius 3 is 2.60 bits per heavy atom. The second-order valence-corrected chi connectivity index (χ2v) is 7.72. The van der Waals surface area contributed by atoms with Crippen LogP contribution in [0.5, 0.6) is 0 Å². The third-order valence-corrected chi connectivity index (χ3v) is 5.16. The Kier molecular flexibility index (Phi) is 7.32. The maximum Gasteiger partial charge on any atom is 0.331 e. The van der Waals surface area contributed by atoms with Crippen LogP contribution in [0.3, 0.4) is 0 Å². The molecular formula is C23H23FN2O3S. The molecule has 156 valence electrons. The van der Waals surface area contributed by atoms with Crippen molar-refractivity contribution < 1.29 is 18.5 Å². The second kappa shape index (κ2) is 10.1. The number of anilines is 2. The molecule has 0 atom stereocenters. The van der Waals surface area contributed by atoms with Crippen LogP contribution in [0.25, 0.3) is 11.1 Å². The summed E-state index contributed by atoms with van der Waals surface area (Å²) >= 11 is 0.984. The molecule has 0 heterocycles. The fraction of sp³-hybridized carbons (Fsp3) is 0.174. The van der Waals surface area contributed by atoms with Crippen LogP contribution >= 0.6 is 12.2 Å². The Morgan fingerprint density at radius 1 is 1.13 bits per heavy atom. The zero-order chi connectivity index (χ0) is 21.5. The van der Waals surface area contributed by atoms with E-state index in [1.165, 1.54) is 6.07 Å². The van der Waals surface area contributed by atoms with Crippen LogP contribution in [-0.4, -0.2) is 24.7 Å². The Morgan fingerprint density at radius 2 is 1.90 bits per heavy atom. The lowest BCUT2D eigenvalue weighted by atomic mass is 9.99. The fourth-order valence-electron chi connectivity index (χ4n) is 2.99. The zero-order valence-electron chi connectivity index (χ0n) is 16.8. The molecule has 0 saturated carbocycles. The molecule has 0 saturated heterocycles. The van der Waals surface area contributed by atoms with E-state index in [9.17, 15) is 9.18 Å². The van der Waals surface area contributed by atoms with E-state index in [1.807, 2.05) is 55.5 Å². The Labute approximate surface area is 179 Å². The predicted octanol–water partition coefficient (Wildman–Crippen LogP) is 5.51. The van der Waals surface area contributed by atoms with Crippen molar-refractivity contribution in [3.63, 3.8) is 0 Å². The lowest BCUT2D eigenvalue weighted by molar-refractivity contribution is -0.138. The van der Waals surface area contributed by atoms with E-state index in [1.54, 1.807) is 17.4 Å². The van der Waals surface area contributed by atoms with Gasteiger partial charge in [0, 0.05) is 25.0 Å². The van der Waals surface area contributed by atoms with Gasteiger partial charge in [-0.3, -0.25) is 8.49 Å². The molecule has 0 radical (unpaired) electrons. The van der Waals surface area contributed by atoms with Gasteiger partial charge in [-0.1, -0.05) is 24.3 Å². The number of benzene rings is 3. The third kappa shape index (κ3) is 5.98. The summed E-state index contributed by atoms with van der Waals surface area (Å²) in [6.07, 6.45) is 0. The van der Waals surface area contributed by atoms with E-state index in [0.717, 1.165) is 45.9 Å². The van der Waals surface area contributed by atoms with Gasteiger partial charge < -0.3 is 10.4 Å². The number of aryl methyl sites for hydroxylation is 1. The van der Waals surface area contributed by atoms with Crippen molar-refractivity contribution >= 4 is 29.6 Å². The van der Waals surface area contributed by atoms with E-state index < -0.39 is 5.97 Å². The molecule has 0 fully saturated rings. The molecule has 0 amide bonds. The monoisotopic (exact) mass is 426 g/mol. The Hall–Kier alpha value is -3.03. The fourth-order valence-corrected chi connectivity index (χ4v) is 3.51. The minimum atomic E-state index is -1.01. The van der Waals surface area contributed by atoms with Gasteiger partial charge in [0.25, 0.3) is 0 Å². The molecule has 0 aliphatic rings. The van der Waals surface area contributed by atoms with Crippen molar-refractivity contribution in [3.05, 3.63) is 83.7 Å². The predicted molar refractivity (Wildman–Crippen MR) is 120 cm³/mol. The van der Waals surface area contributed by atoms with E-state index in [-0.39, 0.29) is 12.4 Å². The van der Waals surface area contributed by atoms with Gasteiger partial charge in [0.1, 0.15) is 18.0 Å². The highest BCUT2D eigenvalue weighted by molar-refractivity contribution is 7.96. The van der Waals surface area contributed by atoms with Gasteiger partial charge in [-0.25, -0.2) is 9.18 Å². The first-order valence-corrected chi connectivity index (χ1v) is 10.1. The minimum absolute atomic E-state index is 0.227. The lowest BCUT2D eigenvalue weighted by Gasteiger charge is -2.17. The highest BCUT2D eigenvalue weighted by Crippen LogP contribution is 2.26. The standard InChI is InChI=1S/C23H23FN2O3S/c1-16-12-19(24)6-11-22(16)18-5-3-4-17(13-18)14-25-20-7-9-21(10-8-20)26(2)30-29-15-23(27)28/h3-13,25H,14-15H2,1-2H3,(H,27,28). The SMILES string of the molecule is Cc1cc(F)ccc1-c1cccc(CNc2ccc(N(C)SOCC(=O)O)cc2)c1. The molecule has 3 aromatic rings. The van der Waals surface area contributed by atoms with Crippen LogP contribution in [0.4, 0.5) is 15.8 Å². The molecule has 0 bridgehead atoms. The van der Waals surface area contributed by atoms with Gasteiger partial charge in [0.2, 0.25) is 0 Å². The number of carbonyl (C=O) groups is 1. The summed E-state index contributed by atoms with van der Waals surface area (Å²) in [6, 6.07) is 20.8. The second-order valence-electron chi connectivity index (χ2n) is 6.79. The molecule has 7 heteroatoms. The molecular weight excluding hydrogens is 403 g/mol. The molecule has 3 rings (SSSR count). The quantitative estimate of drug-likeness (QED) is 0.347. The third-order valence-electron chi connectivity index (χ3n) is 4.50. The normalized spacial score (nSPS) is 10.6. The smallest absolute Gasteiger partial charge is 0.331 e. The first-order chi connectivity index (χ1) is 14.4. The van der Waals surface area contributed by atoms with Crippen molar-refractivity contribution in [3.8, 4) is 11.1 Å². The van der Waals surface area contributed by atoms with Crippen LogP contribution in [0.1, 0.15) is 11.1 Å². The van der Waals surface area contributed by atoms with E-state index in [2.05, 4.69) is 11.4 Å². The topological polar surface area (TPSA) is 61.8 Å². The maximum absolute atomic E-state index is 13.4. The first kappa shape index (κ1) is 21.7. The molecule has 0 aliphatic carbocycles. The number of halogens is 1. The molecule has 30 heavy (non-hydrogen) atoms.